The lowest BCUT2D eigenvalue weighted by Gasteiger charge is -2.26. The maximum atomic E-state index is 12.2. The average Bonchev–Trinajstić information content (AvgIpc) is 2.77. The summed E-state index contributed by atoms with van der Waals surface area (Å²) in [6.07, 6.45) is 5.42. The van der Waals surface area contributed by atoms with Gasteiger partial charge < -0.3 is 10.2 Å². The third-order valence-electron chi connectivity index (χ3n) is 3.09. The number of hydrogen-bond donors (Lipinski definition) is 1. The highest BCUT2D eigenvalue weighted by Gasteiger charge is 2.22. The molecule has 0 atom stereocenters. The van der Waals surface area contributed by atoms with Crippen molar-refractivity contribution in [3.8, 4) is 0 Å². The fraction of sp³-hybridized carbons (Fsp3) is 0.692. The van der Waals surface area contributed by atoms with Crippen LogP contribution in [0, 0.1) is 0 Å². The number of aliphatic imine (C=N–C) groups is 1. The van der Waals surface area contributed by atoms with Crippen LogP contribution >= 0.6 is 0 Å². The van der Waals surface area contributed by atoms with Crippen LogP contribution in [0.1, 0.15) is 33.1 Å². The summed E-state index contributed by atoms with van der Waals surface area (Å²) in [5, 5.41) is 3.23. The fourth-order valence-electron chi connectivity index (χ4n) is 2.24. The Labute approximate surface area is 103 Å². The molecular formula is C13H21N3O. The highest BCUT2D eigenvalue weighted by Crippen LogP contribution is 2.14. The maximum absolute atomic E-state index is 12.2. The quantitative estimate of drug-likeness (QED) is 0.785. The summed E-state index contributed by atoms with van der Waals surface area (Å²) in [5.41, 5.74) is 0.829. The first-order valence-electron chi connectivity index (χ1n) is 6.47. The Morgan fingerprint density at radius 3 is 2.71 bits per heavy atom. The van der Waals surface area contributed by atoms with Crippen LogP contribution in [0.3, 0.4) is 0 Å². The van der Waals surface area contributed by atoms with Crippen molar-refractivity contribution in [1.29, 1.82) is 0 Å². The first-order valence-corrected chi connectivity index (χ1v) is 6.47. The van der Waals surface area contributed by atoms with Gasteiger partial charge in [-0.15, -0.1) is 0 Å². The predicted molar refractivity (Wildman–Crippen MR) is 69.1 cm³/mol. The maximum Gasteiger partial charge on any atom is 0.251 e. The van der Waals surface area contributed by atoms with Gasteiger partial charge in [-0.25, -0.2) is 0 Å². The molecule has 0 saturated carbocycles. The second kappa shape index (κ2) is 5.34. The van der Waals surface area contributed by atoms with Crippen molar-refractivity contribution in [2.75, 3.05) is 19.6 Å². The van der Waals surface area contributed by atoms with E-state index in [4.69, 9.17) is 0 Å². The lowest BCUT2D eigenvalue weighted by Crippen LogP contribution is -2.37. The molecule has 2 heterocycles. The number of rotatable bonds is 2. The third kappa shape index (κ3) is 3.08. The number of piperidine rings is 1. The highest BCUT2D eigenvalue weighted by atomic mass is 16.2. The van der Waals surface area contributed by atoms with E-state index in [9.17, 15) is 4.79 Å². The van der Waals surface area contributed by atoms with E-state index in [0.717, 1.165) is 37.3 Å². The van der Waals surface area contributed by atoms with E-state index in [2.05, 4.69) is 24.2 Å². The van der Waals surface area contributed by atoms with E-state index in [-0.39, 0.29) is 5.91 Å². The number of nitrogens with zero attached hydrogens (tertiary/aromatic N) is 2. The number of carbonyl (C=O) groups excluding carboxylic acids is 1. The summed E-state index contributed by atoms with van der Waals surface area (Å²) < 4.78 is 0. The number of hydrogen-bond acceptors (Lipinski definition) is 3. The highest BCUT2D eigenvalue weighted by molar-refractivity contribution is 6.06. The van der Waals surface area contributed by atoms with Gasteiger partial charge in [0.05, 0.1) is 6.54 Å². The van der Waals surface area contributed by atoms with E-state index in [1.54, 1.807) is 0 Å². The number of amidine groups is 1. The molecule has 2 aliphatic heterocycles. The minimum absolute atomic E-state index is 0.175. The van der Waals surface area contributed by atoms with Crippen LogP contribution in [0.5, 0.6) is 0 Å². The second-order valence-electron chi connectivity index (χ2n) is 5.02. The Bertz CT molecular complexity index is 352. The number of amides is 1. The van der Waals surface area contributed by atoms with Gasteiger partial charge in [0.1, 0.15) is 5.84 Å². The van der Waals surface area contributed by atoms with Gasteiger partial charge in [-0.1, -0.05) is 0 Å². The fourth-order valence-corrected chi connectivity index (χ4v) is 2.24. The van der Waals surface area contributed by atoms with Crippen LogP contribution in [0.2, 0.25) is 0 Å². The molecule has 1 saturated heterocycles. The van der Waals surface area contributed by atoms with Gasteiger partial charge in [0.15, 0.2) is 0 Å². The lowest BCUT2D eigenvalue weighted by atomic mass is 10.1. The molecule has 1 fully saturated rings. The van der Waals surface area contributed by atoms with Crippen molar-refractivity contribution >= 4 is 11.7 Å². The molecule has 4 heteroatoms. The summed E-state index contributed by atoms with van der Waals surface area (Å²) in [6.45, 7) is 6.48. The molecule has 0 aromatic carbocycles. The van der Waals surface area contributed by atoms with Crippen molar-refractivity contribution in [1.82, 2.24) is 10.2 Å². The van der Waals surface area contributed by atoms with E-state index < -0.39 is 0 Å². The molecule has 0 spiro atoms. The molecule has 1 amide bonds. The van der Waals surface area contributed by atoms with E-state index in [1.807, 2.05) is 11.0 Å². The van der Waals surface area contributed by atoms with E-state index in [1.165, 1.54) is 6.42 Å². The summed E-state index contributed by atoms with van der Waals surface area (Å²) in [4.78, 5) is 18.5. The van der Waals surface area contributed by atoms with Gasteiger partial charge in [-0.2, -0.15) is 0 Å². The Morgan fingerprint density at radius 1 is 1.35 bits per heavy atom. The minimum atomic E-state index is 0.175. The largest absolute Gasteiger partial charge is 0.368 e. The Hall–Kier alpha value is -1.32. The number of nitrogens with one attached hydrogen (secondary N) is 1. The molecule has 2 aliphatic rings. The first-order chi connectivity index (χ1) is 8.16. The molecule has 1 N–H and O–H groups in total. The number of likely N-dealkylation sites (tertiary alicyclic amines) is 1. The standard InChI is InChI=1S/C13H21N3O/c1-10(2)15-12-8-11(9-14-12)13(17)16-6-4-3-5-7-16/h8,10H,3-7,9H2,1-2H3,(H,14,15). The third-order valence-corrected chi connectivity index (χ3v) is 3.09. The topological polar surface area (TPSA) is 44.7 Å². The van der Waals surface area contributed by atoms with Crippen LogP contribution in [-0.2, 0) is 4.79 Å². The van der Waals surface area contributed by atoms with E-state index in [0.29, 0.717) is 12.6 Å². The Morgan fingerprint density at radius 2 is 2.06 bits per heavy atom. The van der Waals surface area contributed by atoms with Gasteiger partial charge in [0.2, 0.25) is 0 Å². The molecule has 94 valence electrons. The molecule has 0 bridgehead atoms. The smallest absolute Gasteiger partial charge is 0.251 e. The van der Waals surface area contributed by atoms with Crippen LogP contribution < -0.4 is 5.32 Å². The van der Waals surface area contributed by atoms with Crippen molar-refractivity contribution in [3.63, 3.8) is 0 Å². The van der Waals surface area contributed by atoms with Gasteiger partial charge in [-0.05, 0) is 39.2 Å². The molecule has 0 radical (unpaired) electrons. The van der Waals surface area contributed by atoms with Crippen LogP contribution in [0.25, 0.3) is 0 Å². The zero-order valence-corrected chi connectivity index (χ0v) is 10.7. The monoisotopic (exact) mass is 235 g/mol. The summed E-state index contributed by atoms with van der Waals surface area (Å²) >= 11 is 0. The number of carbonyl (C=O) groups is 1. The summed E-state index contributed by atoms with van der Waals surface area (Å²) in [7, 11) is 0. The summed E-state index contributed by atoms with van der Waals surface area (Å²) in [5.74, 6) is 1.02. The van der Waals surface area contributed by atoms with Crippen LogP contribution in [0.15, 0.2) is 16.6 Å². The molecule has 2 rings (SSSR count). The molecule has 17 heavy (non-hydrogen) atoms. The second-order valence-corrected chi connectivity index (χ2v) is 5.02. The van der Waals surface area contributed by atoms with Crippen LogP contribution in [0.4, 0.5) is 0 Å². The SMILES string of the molecule is CC(C)NC1=NCC(C(=O)N2CCCCC2)=C1. The molecule has 0 unspecified atom stereocenters. The van der Waals surface area contributed by atoms with Gasteiger partial charge in [0.25, 0.3) is 5.91 Å². The van der Waals surface area contributed by atoms with Crippen molar-refractivity contribution in [2.45, 2.75) is 39.2 Å². The molecule has 0 aliphatic carbocycles. The van der Waals surface area contributed by atoms with Crippen molar-refractivity contribution < 1.29 is 4.79 Å². The predicted octanol–water partition coefficient (Wildman–Crippen LogP) is 1.34. The Balaban J connectivity index is 1.93. The molecule has 4 nitrogen and oxygen atoms in total. The molecule has 0 aromatic rings. The molecular weight excluding hydrogens is 214 g/mol. The Kier molecular flexibility index (Phi) is 3.82. The van der Waals surface area contributed by atoms with Crippen molar-refractivity contribution in [2.24, 2.45) is 4.99 Å². The van der Waals surface area contributed by atoms with Gasteiger partial charge in [0, 0.05) is 24.7 Å². The lowest BCUT2D eigenvalue weighted by molar-refractivity contribution is -0.127. The van der Waals surface area contributed by atoms with E-state index >= 15 is 0 Å². The van der Waals surface area contributed by atoms with Crippen LogP contribution in [-0.4, -0.2) is 42.3 Å². The summed E-state index contributed by atoms with van der Waals surface area (Å²) in [6, 6.07) is 0.356. The zero-order chi connectivity index (χ0) is 12.3. The minimum Gasteiger partial charge on any atom is -0.368 e. The van der Waals surface area contributed by atoms with Gasteiger partial charge >= 0.3 is 0 Å². The van der Waals surface area contributed by atoms with Gasteiger partial charge in [-0.3, -0.25) is 9.79 Å². The first kappa shape index (κ1) is 12.1. The molecule has 0 aromatic heterocycles. The average molecular weight is 235 g/mol. The normalized spacial score (nSPS) is 20.3. The van der Waals surface area contributed by atoms with Crippen molar-refractivity contribution in [3.05, 3.63) is 11.6 Å². The zero-order valence-electron chi connectivity index (χ0n) is 10.7.